The van der Waals surface area contributed by atoms with Gasteiger partial charge in [0, 0.05) is 25.3 Å². The van der Waals surface area contributed by atoms with E-state index in [1.807, 2.05) is 0 Å². The van der Waals surface area contributed by atoms with E-state index in [1.54, 1.807) is 30.2 Å². The molecule has 3 aromatic rings. The molecule has 2 aromatic heterocycles. The lowest BCUT2D eigenvalue weighted by atomic mass is 9.96. The van der Waals surface area contributed by atoms with Crippen LogP contribution in [0.4, 0.5) is 16.0 Å². The molecule has 2 aliphatic heterocycles. The second kappa shape index (κ2) is 8.62. The van der Waals surface area contributed by atoms with E-state index in [-0.39, 0.29) is 12.5 Å². The summed E-state index contributed by atoms with van der Waals surface area (Å²) in [6.07, 6.45) is 5.92. The largest absolute Gasteiger partial charge is 0.381 e. The number of benzene rings is 1. The predicted octanol–water partition coefficient (Wildman–Crippen LogP) is 2.95. The maximum absolute atomic E-state index is 15.1. The van der Waals surface area contributed by atoms with Gasteiger partial charge in [-0.15, -0.1) is 0 Å². The van der Waals surface area contributed by atoms with Crippen molar-refractivity contribution in [2.24, 2.45) is 5.92 Å². The number of halogens is 1. The van der Waals surface area contributed by atoms with E-state index >= 15 is 4.39 Å². The number of aromatic nitrogens is 5. The molecule has 1 fully saturated rings. The number of anilines is 2. The molecule has 4 heterocycles. The van der Waals surface area contributed by atoms with Crippen LogP contribution in [0.3, 0.4) is 0 Å². The van der Waals surface area contributed by atoms with Crippen LogP contribution in [-0.2, 0) is 9.53 Å². The molecular weight excluding hydrogens is 413 g/mol. The average molecular weight is 437 g/mol. The zero-order valence-corrected chi connectivity index (χ0v) is 17.8. The third-order valence-corrected chi connectivity index (χ3v) is 6.14. The van der Waals surface area contributed by atoms with E-state index in [4.69, 9.17) is 9.72 Å². The number of hydrogen-bond donors (Lipinski definition) is 2. The maximum atomic E-state index is 15.1. The molecule has 1 aromatic carbocycles. The second-order valence-electron chi connectivity index (χ2n) is 8.09. The highest BCUT2D eigenvalue weighted by Crippen LogP contribution is 2.33. The van der Waals surface area contributed by atoms with Gasteiger partial charge in [0.25, 0.3) is 0 Å². The summed E-state index contributed by atoms with van der Waals surface area (Å²) in [5.74, 6) is 1.43. The molecule has 5 rings (SSSR count). The number of fused-ring (bicyclic) bond motifs is 1. The monoisotopic (exact) mass is 437 g/mol. The van der Waals surface area contributed by atoms with Crippen molar-refractivity contribution in [1.82, 2.24) is 25.1 Å². The first-order valence-electron chi connectivity index (χ1n) is 10.8. The number of carbonyl (C=O) groups excluding carboxylic acids is 1. The van der Waals surface area contributed by atoms with Crippen LogP contribution in [0.5, 0.6) is 0 Å². The molecule has 0 unspecified atom stereocenters. The second-order valence-corrected chi connectivity index (χ2v) is 8.09. The number of carbonyl (C=O) groups is 1. The van der Waals surface area contributed by atoms with Crippen molar-refractivity contribution in [3.8, 4) is 22.6 Å². The fraction of sp³-hybridized carbons (Fsp3) is 0.409. The molecule has 2 N–H and O–H groups in total. The van der Waals surface area contributed by atoms with E-state index in [1.165, 1.54) is 6.33 Å². The highest BCUT2D eigenvalue weighted by molar-refractivity contribution is 6.00. The fourth-order valence-electron chi connectivity index (χ4n) is 4.25. The molecule has 9 nitrogen and oxygen atoms in total. The van der Waals surface area contributed by atoms with Gasteiger partial charge in [-0.25, -0.2) is 19.3 Å². The lowest BCUT2D eigenvalue weighted by molar-refractivity contribution is -0.117. The van der Waals surface area contributed by atoms with Gasteiger partial charge >= 0.3 is 0 Å². The topological polar surface area (TPSA) is 109 Å². The Morgan fingerprint density at radius 1 is 1.22 bits per heavy atom. The zero-order chi connectivity index (χ0) is 22.1. The van der Waals surface area contributed by atoms with Crippen molar-refractivity contribution in [3.05, 3.63) is 36.0 Å². The van der Waals surface area contributed by atoms with Crippen molar-refractivity contribution in [1.29, 1.82) is 0 Å². The highest BCUT2D eigenvalue weighted by Gasteiger charge is 2.28. The van der Waals surface area contributed by atoms with Gasteiger partial charge in [-0.1, -0.05) is 6.07 Å². The zero-order valence-electron chi connectivity index (χ0n) is 17.8. The van der Waals surface area contributed by atoms with E-state index in [0.29, 0.717) is 52.3 Å². The average Bonchev–Trinajstić information content (AvgIpc) is 3.35. The lowest BCUT2D eigenvalue weighted by Gasteiger charge is -2.30. The first-order chi connectivity index (χ1) is 15.6. The van der Waals surface area contributed by atoms with Crippen LogP contribution in [0, 0.1) is 18.7 Å². The number of nitrogens with one attached hydrogen (secondary N) is 2. The molecule has 10 heteroatoms. The van der Waals surface area contributed by atoms with E-state index in [9.17, 15) is 4.79 Å². The Hall–Kier alpha value is -3.40. The van der Waals surface area contributed by atoms with Crippen molar-refractivity contribution < 1.29 is 13.9 Å². The van der Waals surface area contributed by atoms with E-state index in [0.717, 1.165) is 32.5 Å². The molecule has 166 valence electrons. The van der Waals surface area contributed by atoms with E-state index < -0.39 is 5.82 Å². The first kappa shape index (κ1) is 20.5. The van der Waals surface area contributed by atoms with Gasteiger partial charge in [0.1, 0.15) is 12.1 Å². The van der Waals surface area contributed by atoms with Crippen LogP contribution in [0.1, 0.15) is 24.8 Å². The standard InChI is InChI=1S/C22H24FN7O2/c1-13-15(2-3-16(19(13)23)20-26-12-27-29-20)17-10-24-21-22(28-17)30(18(31)11-25-21)7-4-14-5-8-32-9-6-14/h2-3,10,12,14H,4-9,11H2,1H3,(H,24,25)(H,26,27,29). The number of rotatable bonds is 5. The van der Waals surface area contributed by atoms with Crippen LogP contribution < -0.4 is 10.2 Å². The Bertz CT molecular complexity index is 1130. The number of hydrogen-bond acceptors (Lipinski definition) is 7. The molecular formula is C22H24FN7O2. The van der Waals surface area contributed by atoms with Gasteiger partial charge in [-0.2, -0.15) is 5.10 Å². The van der Waals surface area contributed by atoms with Crippen LogP contribution in [0.2, 0.25) is 0 Å². The summed E-state index contributed by atoms with van der Waals surface area (Å²) in [6.45, 7) is 4.00. The summed E-state index contributed by atoms with van der Waals surface area (Å²) in [5, 5.41) is 9.59. The van der Waals surface area contributed by atoms with Gasteiger partial charge in [-0.05, 0) is 43.7 Å². The Morgan fingerprint density at radius 3 is 2.81 bits per heavy atom. The Kier molecular flexibility index (Phi) is 5.52. The molecule has 0 radical (unpaired) electrons. The predicted molar refractivity (Wildman–Crippen MR) is 117 cm³/mol. The van der Waals surface area contributed by atoms with Crippen LogP contribution >= 0.6 is 0 Å². The smallest absolute Gasteiger partial charge is 0.247 e. The summed E-state index contributed by atoms with van der Waals surface area (Å²) in [5.41, 5.74) is 1.85. The number of amides is 1. The van der Waals surface area contributed by atoms with Crippen molar-refractivity contribution in [3.63, 3.8) is 0 Å². The summed E-state index contributed by atoms with van der Waals surface area (Å²) in [4.78, 5) is 27.6. The summed E-state index contributed by atoms with van der Waals surface area (Å²) >= 11 is 0. The Labute approximate surface area is 184 Å². The first-order valence-corrected chi connectivity index (χ1v) is 10.8. The Balaban J connectivity index is 1.45. The van der Waals surface area contributed by atoms with Gasteiger partial charge < -0.3 is 10.1 Å². The summed E-state index contributed by atoms with van der Waals surface area (Å²) < 4.78 is 20.5. The fourth-order valence-corrected chi connectivity index (χ4v) is 4.25. The van der Waals surface area contributed by atoms with Crippen molar-refractivity contribution >= 4 is 17.5 Å². The number of H-pyrrole nitrogens is 1. The van der Waals surface area contributed by atoms with Gasteiger partial charge in [0.05, 0.1) is 24.0 Å². The molecule has 0 saturated carbocycles. The molecule has 0 aliphatic carbocycles. The summed E-state index contributed by atoms with van der Waals surface area (Å²) in [6, 6.07) is 3.42. The summed E-state index contributed by atoms with van der Waals surface area (Å²) in [7, 11) is 0. The van der Waals surface area contributed by atoms with E-state index in [2.05, 4.69) is 25.5 Å². The van der Waals surface area contributed by atoms with Crippen molar-refractivity contribution in [2.45, 2.75) is 26.2 Å². The number of nitrogens with zero attached hydrogens (tertiary/aromatic N) is 5. The van der Waals surface area contributed by atoms with Gasteiger partial charge in [0.15, 0.2) is 17.5 Å². The van der Waals surface area contributed by atoms with Crippen LogP contribution in [0.25, 0.3) is 22.6 Å². The third-order valence-electron chi connectivity index (χ3n) is 6.14. The molecule has 1 saturated heterocycles. The minimum Gasteiger partial charge on any atom is -0.381 e. The maximum Gasteiger partial charge on any atom is 0.247 e. The van der Waals surface area contributed by atoms with Crippen LogP contribution in [0.15, 0.2) is 24.7 Å². The SMILES string of the molecule is Cc1c(-c2cnc3c(n2)N(CCC2CCOCC2)C(=O)CN3)ccc(-c2nc[nH]n2)c1F. The molecule has 0 bridgehead atoms. The Morgan fingerprint density at radius 2 is 2.03 bits per heavy atom. The number of ether oxygens (including phenoxy) is 1. The highest BCUT2D eigenvalue weighted by atomic mass is 19.1. The number of aromatic amines is 1. The minimum absolute atomic E-state index is 0.0427. The van der Waals surface area contributed by atoms with Gasteiger partial charge in [0.2, 0.25) is 5.91 Å². The third kappa shape index (κ3) is 3.81. The van der Waals surface area contributed by atoms with Crippen molar-refractivity contribution in [2.75, 3.05) is 36.5 Å². The molecule has 2 aliphatic rings. The molecule has 0 atom stereocenters. The van der Waals surface area contributed by atoms with Gasteiger partial charge in [-0.3, -0.25) is 14.8 Å². The minimum atomic E-state index is -0.410. The lowest BCUT2D eigenvalue weighted by Crippen LogP contribution is -2.42. The molecule has 32 heavy (non-hydrogen) atoms. The normalized spacial score (nSPS) is 16.7. The molecule has 1 amide bonds. The quantitative estimate of drug-likeness (QED) is 0.632. The molecule has 0 spiro atoms. The van der Waals surface area contributed by atoms with Crippen LogP contribution in [-0.4, -0.2) is 57.4 Å².